The molecule has 2 aliphatic carbocycles. The molecular weight excluding hydrogens is 638 g/mol. The molecular formula is C35H30FN5O4S2. The lowest BCUT2D eigenvalue weighted by atomic mass is 10.1. The van der Waals surface area contributed by atoms with Crippen LogP contribution in [0.15, 0.2) is 72.9 Å². The molecule has 8 rings (SSSR count). The van der Waals surface area contributed by atoms with E-state index in [0.29, 0.717) is 58.9 Å². The van der Waals surface area contributed by atoms with Crippen LogP contribution in [-0.4, -0.2) is 46.2 Å². The first-order chi connectivity index (χ1) is 22.7. The van der Waals surface area contributed by atoms with Gasteiger partial charge < -0.3 is 10.2 Å². The molecule has 0 unspecified atom stereocenters. The molecule has 3 aliphatic rings. The zero-order valence-electron chi connectivity index (χ0n) is 25.4. The highest BCUT2D eigenvalue weighted by atomic mass is 32.2. The molecule has 0 spiro atoms. The number of anilines is 2. The van der Waals surface area contributed by atoms with Crippen LogP contribution in [0.25, 0.3) is 21.7 Å². The first-order valence-electron chi connectivity index (χ1n) is 15.6. The van der Waals surface area contributed by atoms with Crippen molar-refractivity contribution in [1.82, 2.24) is 14.2 Å². The van der Waals surface area contributed by atoms with Gasteiger partial charge in [0.1, 0.15) is 11.5 Å². The van der Waals surface area contributed by atoms with Crippen molar-refractivity contribution in [2.45, 2.75) is 50.2 Å². The third-order valence-electron chi connectivity index (χ3n) is 8.92. The van der Waals surface area contributed by atoms with Crippen LogP contribution in [0.1, 0.15) is 68.6 Å². The van der Waals surface area contributed by atoms with Crippen molar-refractivity contribution in [1.29, 1.82) is 0 Å². The summed E-state index contributed by atoms with van der Waals surface area (Å²) in [6, 6.07) is 19.3. The minimum absolute atomic E-state index is 0.161. The van der Waals surface area contributed by atoms with Gasteiger partial charge in [-0.1, -0.05) is 36.4 Å². The quantitative estimate of drug-likeness (QED) is 0.204. The largest absolute Gasteiger partial charge is 0.319 e. The summed E-state index contributed by atoms with van der Waals surface area (Å²) in [7, 11) is -3.55. The average Bonchev–Trinajstić information content (AvgIpc) is 4.02. The number of carbonyl (C=O) groups excluding carboxylic acids is 2. The molecule has 0 atom stereocenters. The zero-order valence-corrected chi connectivity index (χ0v) is 27.1. The van der Waals surface area contributed by atoms with E-state index >= 15 is 0 Å². The number of fused-ring (bicyclic) bond motifs is 3. The predicted octanol–water partition coefficient (Wildman–Crippen LogP) is 6.79. The Labute approximate surface area is 275 Å². The van der Waals surface area contributed by atoms with Crippen LogP contribution in [0.5, 0.6) is 0 Å². The minimum Gasteiger partial charge on any atom is -0.319 e. The molecule has 47 heavy (non-hydrogen) atoms. The van der Waals surface area contributed by atoms with Gasteiger partial charge >= 0.3 is 0 Å². The molecule has 4 heterocycles. The van der Waals surface area contributed by atoms with Crippen LogP contribution >= 0.6 is 11.3 Å². The van der Waals surface area contributed by atoms with Gasteiger partial charge in [-0.05, 0) is 80.5 Å². The lowest BCUT2D eigenvalue weighted by Crippen LogP contribution is -2.33. The van der Waals surface area contributed by atoms with E-state index in [4.69, 9.17) is 4.98 Å². The van der Waals surface area contributed by atoms with Crippen LogP contribution in [-0.2, 0) is 16.4 Å². The Hall–Kier alpha value is -4.68. The van der Waals surface area contributed by atoms with Crippen LogP contribution < -0.4 is 10.2 Å². The number of amides is 2. The van der Waals surface area contributed by atoms with Crippen molar-refractivity contribution in [3.8, 4) is 21.7 Å². The topological polar surface area (TPSA) is 114 Å². The number of rotatable bonds is 7. The normalized spacial score (nSPS) is 15.9. The Morgan fingerprint density at radius 2 is 1.77 bits per heavy atom. The summed E-state index contributed by atoms with van der Waals surface area (Å²) < 4.78 is 41.5. The molecule has 2 aromatic carbocycles. The molecule has 0 radical (unpaired) electrons. The molecule has 2 saturated carbocycles. The molecule has 12 heteroatoms. The van der Waals surface area contributed by atoms with Crippen molar-refractivity contribution in [2.24, 2.45) is 0 Å². The summed E-state index contributed by atoms with van der Waals surface area (Å²) in [5.74, 6) is -0.981. The first kappa shape index (κ1) is 29.7. The molecule has 5 aromatic rings. The Morgan fingerprint density at radius 3 is 2.53 bits per heavy atom. The van der Waals surface area contributed by atoms with Crippen molar-refractivity contribution < 1.29 is 22.4 Å². The number of para-hydroxylation sites is 2. The lowest BCUT2D eigenvalue weighted by Gasteiger charge is -2.23. The van der Waals surface area contributed by atoms with Crippen molar-refractivity contribution in [3.05, 3.63) is 106 Å². The fourth-order valence-electron chi connectivity index (χ4n) is 6.10. The van der Waals surface area contributed by atoms with Gasteiger partial charge in [-0.3, -0.25) is 9.59 Å². The highest BCUT2D eigenvalue weighted by Gasteiger charge is 2.40. The minimum atomic E-state index is -3.55. The van der Waals surface area contributed by atoms with Crippen LogP contribution in [0.3, 0.4) is 0 Å². The summed E-state index contributed by atoms with van der Waals surface area (Å²) in [6.45, 7) is 2.09. The van der Waals surface area contributed by atoms with Gasteiger partial charge in [0.25, 0.3) is 21.8 Å². The maximum atomic E-state index is 14.4. The van der Waals surface area contributed by atoms with E-state index in [1.54, 1.807) is 48.4 Å². The standard InChI is InChI=1S/C35H30FN5O4S2/c1-20-6-4-8-26(36)31(20)38-34(42)30-18-22-16-17-40(29-11-3-2-7-24(29)33(22)46-30)35(43)28-10-5-9-27(37-28)25-19-41(39-32(25)21-12-13-21)47(44,45)23-14-15-23/h2-11,18-19,21,23H,12-17H2,1H3,(H,38,42). The molecule has 1 aliphatic heterocycles. The Bertz CT molecular complexity index is 2180. The summed E-state index contributed by atoms with van der Waals surface area (Å²) in [6.07, 6.45) is 5.21. The molecule has 0 bridgehead atoms. The molecule has 1 N–H and O–H groups in total. The van der Waals surface area contributed by atoms with Gasteiger partial charge in [-0.15, -0.1) is 11.3 Å². The average molecular weight is 668 g/mol. The fourth-order valence-corrected chi connectivity index (χ4v) is 8.73. The number of thiophene rings is 1. The molecule has 2 amide bonds. The number of aryl methyl sites for hydroxylation is 1. The van der Waals surface area contributed by atoms with Gasteiger partial charge in [0, 0.05) is 28.5 Å². The van der Waals surface area contributed by atoms with Gasteiger partial charge in [0.2, 0.25) is 0 Å². The van der Waals surface area contributed by atoms with E-state index in [0.717, 1.165) is 32.9 Å². The molecule has 0 saturated heterocycles. The Morgan fingerprint density at radius 1 is 0.979 bits per heavy atom. The maximum absolute atomic E-state index is 14.4. The van der Waals surface area contributed by atoms with E-state index in [2.05, 4.69) is 10.4 Å². The number of halogens is 1. The number of hydrogen-bond donors (Lipinski definition) is 1. The van der Waals surface area contributed by atoms with E-state index in [9.17, 15) is 22.4 Å². The second kappa shape index (κ2) is 11.2. The van der Waals surface area contributed by atoms with Crippen molar-refractivity contribution >= 4 is 44.5 Å². The van der Waals surface area contributed by atoms with Crippen LogP contribution in [0.4, 0.5) is 15.8 Å². The summed E-state index contributed by atoms with van der Waals surface area (Å²) in [5, 5.41) is 6.84. The highest BCUT2D eigenvalue weighted by molar-refractivity contribution is 7.90. The maximum Gasteiger partial charge on any atom is 0.276 e. The number of hydrogen-bond acceptors (Lipinski definition) is 7. The Kier molecular flexibility index (Phi) is 7.10. The van der Waals surface area contributed by atoms with Crippen LogP contribution in [0.2, 0.25) is 0 Å². The highest BCUT2D eigenvalue weighted by Crippen LogP contribution is 2.45. The van der Waals surface area contributed by atoms with E-state index in [-0.39, 0.29) is 29.1 Å². The van der Waals surface area contributed by atoms with Gasteiger partial charge in [0.15, 0.2) is 0 Å². The first-order valence-corrected chi connectivity index (χ1v) is 17.9. The number of nitrogens with one attached hydrogen (secondary N) is 1. The zero-order chi connectivity index (χ0) is 32.4. The SMILES string of the molecule is Cc1cccc(F)c1NC(=O)c1cc2c(s1)-c1ccccc1N(C(=O)c1cccc(-c3cn(S(=O)(=O)C4CC4)nc3C3CC3)n1)CC2. The summed E-state index contributed by atoms with van der Waals surface area (Å²) >= 11 is 1.31. The van der Waals surface area contributed by atoms with Gasteiger partial charge in [-0.2, -0.15) is 9.19 Å². The second-order valence-corrected chi connectivity index (χ2v) is 15.4. The van der Waals surface area contributed by atoms with E-state index in [1.807, 2.05) is 30.3 Å². The fraction of sp³-hybridized carbons (Fsp3) is 0.257. The molecule has 2 fully saturated rings. The van der Waals surface area contributed by atoms with Gasteiger partial charge in [-0.25, -0.2) is 17.8 Å². The number of aromatic nitrogens is 3. The second-order valence-electron chi connectivity index (χ2n) is 12.3. The molecule has 9 nitrogen and oxygen atoms in total. The van der Waals surface area contributed by atoms with E-state index in [1.165, 1.54) is 17.4 Å². The van der Waals surface area contributed by atoms with Crippen molar-refractivity contribution in [3.63, 3.8) is 0 Å². The molecule has 3 aromatic heterocycles. The lowest BCUT2D eigenvalue weighted by molar-refractivity contribution is 0.0981. The van der Waals surface area contributed by atoms with Gasteiger partial charge in [0.05, 0.1) is 39.1 Å². The number of pyridine rings is 1. The monoisotopic (exact) mass is 667 g/mol. The molecule has 238 valence electrons. The number of carbonyl (C=O) groups is 2. The van der Waals surface area contributed by atoms with Crippen molar-refractivity contribution in [2.75, 3.05) is 16.8 Å². The smallest absolute Gasteiger partial charge is 0.276 e. The van der Waals surface area contributed by atoms with E-state index < -0.39 is 21.1 Å². The third-order valence-corrected chi connectivity index (χ3v) is 12.2. The summed E-state index contributed by atoms with van der Waals surface area (Å²) in [5.41, 5.74) is 5.34. The number of nitrogens with zero attached hydrogens (tertiary/aromatic N) is 4. The number of benzene rings is 2. The predicted molar refractivity (Wildman–Crippen MR) is 179 cm³/mol. The van der Waals surface area contributed by atoms with Crippen LogP contribution in [0, 0.1) is 12.7 Å². The summed E-state index contributed by atoms with van der Waals surface area (Å²) in [4.78, 5) is 35.2. The Balaban J connectivity index is 1.10. The third kappa shape index (κ3) is 5.35.